The van der Waals surface area contributed by atoms with Crippen molar-refractivity contribution in [3.8, 4) is 0 Å². The van der Waals surface area contributed by atoms with Gasteiger partial charge in [-0.2, -0.15) is 0 Å². The van der Waals surface area contributed by atoms with E-state index in [-0.39, 0.29) is 0 Å². The summed E-state index contributed by atoms with van der Waals surface area (Å²) in [5.74, 6) is 0.190. The molecule has 0 spiro atoms. The number of nitrogens with zero attached hydrogens (tertiary/aromatic N) is 1. The van der Waals surface area contributed by atoms with Gasteiger partial charge in [-0.3, -0.25) is 10.1 Å². The lowest BCUT2D eigenvalue weighted by atomic mass is 9.95. The van der Waals surface area contributed by atoms with E-state index < -0.39 is 11.5 Å². The van der Waals surface area contributed by atoms with Crippen LogP contribution in [0, 0.1) is 0 Å². The molecule has 2 N–H and O–H groups in total. The highest BCUT2D eigenvalue weighted by Crippen LogP contribution is 2.26. The number of hydrogen-bond donors (Lipinski definition) is 2. The molecule has 0 radical (unpaired) electrons. The van der Waals surface area contributed by atoms with Gasteiger partial charge in [0, 0.05) is 12.2 Å². The minimum absolute atomic E-state index is 0.402. The Morgan fingerprint density at radius 2 is 2.29 bits per heavy atom. The van der Waals surface area contributed by atoms with Gasteiger partial charge in [0.2, 0.25) is 0 Å². The highest BCUT2D eigenvalue weighted by atomic mass is 35.5. The molecule has 1 atom stereocenters. The Balaban J connectivity index is 1.67. The number of nitrogens with one attached hydrogen (secondary N) is 1. The molecule has 1 aliphatic carbocycles. The molecule has 0 aromatic carbocycles. The SMILES string of the molecule is CC(CCCCSc1ccc(Cl)cn1)(NC1CC1)C(=O)O. The van der Waals surface area contributed by atoms with Crippen LogP contribution in [0.1, 0.15) is 39.0 Å². The van der Waals surface area contributed by atoms with E-state index >= 15 is 0 Å². The van der Waals surface area contributed by atoms with Crippen LogP contribution in [-0.4, -0.2) is 33.4 Å². The summed E-state index contributed by atoms with van der Waals surface area (Å²) in [5.41, 5.74) is -0.787. The molecule has 0 bridgehead atoms. The molecule has 1 aliphatic rings. The van der Waals surface area contributed by atoms with Crippen molar-refractivity contribution in [3.05, 3.63) is 23.4 Å². The standard InChI is InChI=1S/C15H21ClN2O2S/c1-15(14(19)20,18-12-5-6-12)8-2-3-9-21-13-7-4-11(16)10-17-13/h4,7,10,12,18H,2-3,5-6,8-9H2,1H3,(H,19,20). The lowest BCUT2D eigenvalue weighted by Crippen LogP contribution is -2.50. The molecule has 6 heteroatoms. The Morgan fingerprint density at radius 3 is 2.86 bits per heavy atom. The molecule has 2 rings (SSSR count). The van der Waals surface area contributed by atoms with Crippen LogP contribution >= 0.6 is 23.4 Å². The van der Waals surface area contributed by atoms with Crippen molar-refractivity contribution in [1.82, 2.24) is 10.3 Å². The van der Waals surface area contributed by atoms with Gasteiger partial charge in [-0.05, 0) is 50.5 Å². The van der Waals surface area contributed by atoms with Crippen LogP contribution in [0.5, 0.6) is 0 Å². The van der Waals surface area contributed by atoms with Gasteiger partial charge in [0.15, 0.2) is 0 Å². The second-order valence-corrected chi connectivity index (χ2v) is 7.23. The van der Waals surface area contributed by atoms with Crippen molar-refractivity contribution in [3.63, 3.8) is 0 Å². The molecule has 0 amide bonds. The van der Waals surface area contributed by atoms with Gasteiger partial charge in [-0.1, -0.05) is 18.0 Å². The number of carbonyl (C=O) groups is 1. The fourth-order valence-corrected chi connectivity index (χ4v) is 3.08. The summed E-state index contributed by atoms with van der Waals surface area (Å²) in [6, 6.07) is 4.14. The maximum absolute atomic E-state index is 11.4. The number of carboxylic acids is 1. The number of pyridine rings is 1. The van der Waals surface area contributed by atoms with E-state index in [0.717, 1.165) is 36.5 Å². The number of rotatable bonds is 9. The van der Waals surface area contributed by atoms with Crippen molar-refractivity contribution in [2.75, 3.05) is 5.75 Å². The van der Waals surface area contributed by atoms with Gasteiger partial charge in [0.1, 0.15) is 5.54 Å². The summed E-state index contributed by atoms with van der Waals surface area (Å²) in [5, 5.41) is 14.2. The number of carboxylic acid groups (broad SMARTS) is 1. The third-order valence-corrected chi connectivity index (χ3v) is 4.85. The van der Waals surface area contributed by atoms with Gasteiger partial charge in [0.05, 0.1) is 10.0 Å². The summed E-state index contributed by atoms with van der Waals surface area (Å²) in [6.07, 6.45) is 6.37. The number of aromatic nitrogens is 1. The lowest BCUT2D eigenvalue weighted by molar-refractivity contribution is -0.144. The first-order valence-electron chi connectivity index (χ1n) is 7.25. The lowest BCUT2D eigenvalue weighted by Gasteiger charge is -2.26. The predicted octanol–water partition coefficient (Wildman–Crippen LogP) is 3.59. The predicted molar refractivity (Wildman–Crippen MR) is 86.0 cm³/mol. The maximum Gasteiger partial charge on any atom is 0.323 e. The van der Waals surface area contributed by atoms with Crippen LogP contribution in [0.4, 0.5) is 0 Å². The van der Waals surface area contributed by atoms with Crippen molar-refractivity contribution >= 4 is 29.3 Å². The molecule has 0 saturated heterocycles. The van der Waals surface area contributed by atoms with Crippen LogP contribution in [-0.2, 0) is 4.79 Å². The summed E-state index contributed by atoms with van der Waals surface area (Å²) in [7, 11) is 0. The zero-order valence-corrected chi connectivity index (χ0v) is 13.7. The van der Waals surface area contributed by atoms with E-state index in [1.54, 1.807) is 24.9 Å². The highest BCUT2D eigenvalue weighted by Gasteiger charge is 2.37. The van der Waals surface area contributed by atoms with Crippen LogP contribution in [0.3, 0.4) is 0 Å². The number of unbranched alkanes of at least 4 members (excludes halogenated alkanes) is 1. The quantitative estimate of drug-likeness (QED) is 0.536. The topological polar surface area (TPSA) is 62.2 Å². The second kappa shape index (κ2) is 7.47. The summed E-state index contributed by atoms with van der Waals surface area (Å²) < 4.78 is 0. The molecule has 116 valence electrons. The van der Waals surface area contributed by atoms with Crippen LogP contribution in [0.2, 0.25) is 5.02 Å². The van der Waals surface area contributed by atoms with E-state index in [1.807, 2.05) is 12.1 Å². The molecule has 1 fully saturated rings. The first-order chi connectivity index (χ1) is 9.99. The Morgan fingerprint density at radius 1 is 1.52 bits per heavy atom. The van der Waals surface area contributed by atoms with Gasteiger partial charge < -0.3 is 5.11 Å². The fourth-order valence-electron chi connectivity index (χ4n) is 2.12. The van der Waals surface area contributed by atoms with E-state index in [9.17, 15) is 9.90 Å². The molecule has 4 nitrogen and oxygen atoms in total. The van der Waals surface area contributed by atoms with Crippen molar-refractivity contribution < 1.29 is 9.90 Å². The minimum atomic E-state index is -0.787. The first-order valence-corrected chi connectivity index (χ1v) is 8.61. The molecular weight excluding hydrogens is 308 g/mol. The normalized spacial score (nSPS) is 17.4. The Bertz CT molecular complexity index is 479. The third kappa shape index (κ3) is 5.49. The number of aliphatic carboxylic acids is 1. The zero-order chi connectivity index (χ0) is 15.3. The summed E-state index contributed by atoms with van der Waals surface area (Å²) in [6.45, 7) is 1.79. The third-order valence-electron chi connectivity index (χ3n) is 3.59. The van der Waals surface area contributed by atoms with E-state index in [2.05, 4.69) is 10.3 Å². The fraction of sp³-hybridized carbons (Fsp3) is 0.600. The largest absolute Gasteiger partial charge is 0.480 e. The van der Waals surface area contributed by atoms with E-state index in [4.69, 9.17) is 11.6 Å². The van der Waals surface area contributed by atoms with Gasteiger partial charge >= 0.3 is 5.97 Å². The number of halogens is 1. The zero-order valence-electron chi connectivity index (χ0n) is 12.1. The molecule has 1 aromatic heterocycles. The molecule has 1 heterocycles. The molecule has 0 aliphatic heterocycles. The van der Waals surface area contributed by atoms with Crippen LogP contribution in [0.25, 0.3) is 0 Å². The number of thioether (sulfide) groups is 1. The molecule has 1 unspecified atom stereocenters. The first kappa shape index (κ1) is 16.6. The average molecular weight is 329 g/mol. The second-order valence-electron chi connectivity index (χ2n) is 5.68. The molecule has 21 heavy (non-hydrogen) atoms. The average Bonchev–Trinajstić information content (AvgIpc) is 3.24. The van der Waals surface area contributed by atoms with Crippen molar-refractivity contribution in [1.29, 1.82) is 0 Å². The monoisotopic (exact) mass is 328 g/mol. The summed E-state index contributed by atoms with van der Waals surface area (Å²) in [4.78, 5) is 15.6. The van der Waals surface area contributed by atoms with E-state index in [1.165, 1.54) is 0 Å². The Labute approximate surface area is 134 Å². The van der Waals surface area contributed by atoms with Crippen molar-refractivity contribution in [2.24, 2.45) is 0 Å². The van der Waals surface area contributed by atoms with Crippen LogP contribution in [0.15, 0.2) is 23.4 Å². The number of hydrogen-bond acceptors (Lipinski definition) is 4. The van der Waals surface area contributed by atoms with Crippen molar-refractivity contribution in [2.45, 2.75) is 55.6 Å². The Kier molecular flexibility index (Phi) is 5.90. The van der Waals surface area contributed by atoms with Gasteiger partial charge in [-0.15, -0.1) is 11.8 Å². The van der Waals surface area contributed by atoms with E-state index in [0.29, 0.717) is 17.5 Å². The van der Waals surface area contributed by atoms with Gasteiger partial charge in [-0.25, -0.2) is 4.98 Å². The minimum Gasteiger partial charge on any atom is -0.480 e. The molecule has 1 aromatic rings. The highest BCUT2D eigenvalue weighted by molar-refractivity contribution is 7.99. The van der Waals surface area contributed by atoms with Gasteiger partial charge in [0.25, 0.3) is 0 Å². The maximum atomic E-state index is 11.4. The smallest absolute Gasteiger partial charge is 0.323 e. The van der Waals surface area contributed by atoms with Crippen LogP contribution < -0.4 is 5.32 Å². The molecular formula is C15H21ClN2O2S. The molecule has 1 saturated carbocycles. The summed E-state index contributed by atoms with van der Waals surface area (Å²) >= 11 is 7.46. The Hall–Kier alpha value is -0.780.